The van der Waals surface area contributed by atoms with Gasteiger partial charge in [-0.25, -0.2) is 17.5 Å². The molecule has 4 rings (SSSR count). The number of rotatable bonds is 5. The minimum Gasteiger partial charge on any atom is -0.319 e. The van der Waals surface area contributed by atoms with E-state index in [-0.39, 0.29) is 21.6 Å². The number of nitrogens with zero attached hydrogens (tertiary/aromatic N) is 2. The van der Waals surface area contributed by atoms with Gasteiger partial charge in [-0.05, 0) is 37.8 Å². The molecule has 138 valence electrons. The van der Waals surface area contributed by atoms with Gasteiger partial charge in [-0.2, -0.15) is 5.10 Å². The molecule has 2 N–H and O–H groups in total. The summed E-state index contributed by atoms with van der Waals surface area (Å²) >= 11 is 5.92. The van der Waals surface area contributed by atoms with E-state index in [2.05, 4.69) is 15.1 Å². The lowest BCUT2D eigenvalue weighted by atomic mass is 10.2. The second-order valence-corrected chi connectivity index (χ2v) is 8.53. The van der Waals surface area contributed by atoms with Crippen LogP contribution in [-0.4, -0.2) is 30.1 Å². The highest BCUT2D eigenvalue weighted by molar-refractivity contribution is 7.89. The van der Waals surface area contributed by atoms with Crippen molar-refractivity contribution < 1.29 is 17.6 Å². The molecule has 1 aliphatic carbocycles. The van der Waals surface area contributed by atoms with Crippen molar-refractivity contribution >= 4 is 33.2 Å². The largest absolute Gasteiger partial charge is 0.319 e. The Morgan fingerprint density at radius 1 is 1.35 bits per heavy atom. The van der Waals surface area contributed by atoms with E-state index in [1.807, 2.05) is 0 Å². The highest BCUT2D eigenvalue weighted by Crippen LogP contribution is 2.30. The van der Waals surface area contributed by atoms with E-state index in [4.69, 9.17) is 11.6 Å². The fourth-order valence-corrected chi connectivity index (χ4v) is 4.80. The first-order valence-electron chi connectivity index (χ1n) is 8.22. The summed E-state index contributed by atoms with van der Waals surface area (Å²) in [6.07, 6.45) is 4.57. The molecular weight excluding hydrogens is 383 g/mol. The molecule has 2 aliphatic rings. The van der Waals surface area contributed by atoms with Gasteiger partial charge in [0.2, 0.25) is 10.0 Å². The third kappa shape index (κ3) is 3.22. The van der Waals surface area contributed by atoms with Crippen molar-refractivity contribution in [1.82, 2.24) is 14.5 Å². The van der Waals surface area contributed by atoms with E-state index in [1.165, 1.54) is 6.20 Å². The molecule has 1 amide bonds. The van der Waals surface area contributed by atoms with Crippen LogP contribution in [0.3, 0.4) is 0 Å². The van der Waals surface area contributed by atoms with Crippen LogP contribution in [0.25, 0.3) is 0 Å². The van der Waals surface area contributed by atoms with Crippen LogP contribution >= 0.6 is 11.6 Å². The van der Waals surface area contributed by atoms with Gasteiger partial charge >= 0.3 is 0 Å². The Morgan fingerprint density at radius 2 is 2.12 bits per heavy atom. The molecule has 0 spiro atoms. The summed E-state index contributed by atoms with van der Waals surface area (Å²) in [5.74, 6) is -1.34. The molecule has 0 saturated heterocycles. The number of carbonyl (C=O) groups excluding carboxylic acids is 1. The normalized spacial score (nSPS) is 16.5. The summed E-state index contributed by atoms with van der Waals surface area (Å²) < 4.78 is 43.2. The van der Waals surface area contributed by atoms with Gasteiger partial charge in [-0.1, -0.05) is 11.6 Å². The number of aryl methyl sites for hydroxylation is 1. The molecule has 0 radical (unpaired) electrons. The average molecular weight is 399 g/mol. The molecule has 0 bridgehead atoms. The number of nitrogens with one attached hydrogen (secondary N) is 2. The lowest BCUT2D eigenvalue weighted by Crippen LogP contribution is -2.26. The molecule has 2 heterocycles. The van der Waals surface area contributed by atoms with Gasteiger partial charge < -0.3 is 5.32 Å². The number of halogens is 2. The minimum absolute atomic E-state index is 0.117. The average Bonchev–Trinajstić information content (AvgIpc) is 3.08. The number of fused-ring (bicyclic) bond motifs is 1. The highest BCUT2D eigenvalue weighted by atomic mass is 35.5. The predicted octanol–water partition coefficient (Wildman–Crippen LogP) is 2.31. The standard InChI is InChI=1S/C16H16ClFN4O3S/c17-11-6-12(18)13(7-15(11)26(24,25)21-9-3-4-9)20-16(23)10-8-19-22-5-1-2-14(10)22/h6-9,21H,1-5H2,(H,20,23). The van der Waals surface area contributed by atoms with Crippen LogP contribution in [0.2, 0.25) is 5.02 Å². The Labute approximate surface area is 154 Å². The molecule has 26 heavy (non-hydrogen) atoms. The van der Waals surface area contributed by atoms with Crippen LogP contribution < -0.4 is 10.0 Å². The molecule has 1 saturated carbocycles. The number of benzene rings is 1. The minimum atomic E-state index is -3.88. The van der Waals surface area contributed by atoms with E-state index in [0.717, 1.165) is 50.1 Å². The summed E-state index contributed by atoms with van der Waals surface area (Å²) in [7, 11) is -3.88. The van der Waals surface area contributed by atoms with E-state index < -0.39 is 21.7 Å². The number of aromatic nitrogens is 2. The molecule has 2 aromatic rings. The van der Waals surface area contributed by atoms with Crippen molar-refractivity contribution in [2.45, 2.75) is 43.2 Å². The zero-order chi connectivity index (χ0) is 18.5. The quantitative estimate of drug-likeness (QED) is 0.808. The Kier molecular flexibility index (Phi) is 4.25. The van der Waals surface area contributed by atoms with Gasteiger partial charge in [0.1, 0.15) is 10.7 Å². The number of hydrogen-bond donors (Lipinski definition) is 2. The van der Waals surface area contributed by atoms with E-state index in [1.54, 1.807) is 4.68 Å². The molecule has 1 aromatic carbocycles. The van der Waals surface area contributed by atoms with Gasteiger partial charge in [0.05, 0.1) is 28.2 Å². The predicted molar refractivity (Wildman–Crippen MR) is 93.3 cm³/mol. The topological polar surface area (TPSA) is 93.1 Å². The monoisotopic (exact) mass is 398 g/mol. The van der Waals surface area contributed by atoms with Crippen molar-refractivity contribution in [3.8, 4) is 0 Å². The zero-order valence-corrected chi connectivity index (χ0v) is 15.2. The number of anilines is 1. The zero-order valence-electron chi connectivity index (χ0n) is 13.6. The summed E-state index contributed by atoms with van der Waals surface area (Å²) in [5.41, 5.74) is 0.908. The Balaban J connectivity index is 1.63. The molecule has 0 unspecified atom stereocenters. The van der Waals surface area contributed by atoms with Crippen molar-refractivity contribution in [3.63, 3.8) is 0 Å². The molecule has 7 nitrogen and oxygen atoms in total. The van der Waals surface area contributed by atoms with Crippen molar-refractivity contribution in [2.24, 2.45) is 0 Å². The molecular formula is C16H16ClFN4O3S. The Hall–Kier alpha value is -1.97. The lowest BCUT2D eigenvalue weighted by Gasteiger charge is -2.12. The molecule has 10 heteroatoms. The van der Waals surface area contributed by atoms with Gasteiger partial charge in [-0.15, -0.1) is 0 Å². The van der Waals surface area contributed by atoms with Crippen LogP contribution in [0.1, 0.15) is 35.3 Å². The first-order chi connectivity index (χ1) is 12.3. The molecule has 1 fully saturated rings. The summed E-state index contributed by atoms with van der Waals surface area (Å²) in [4.78, 5) is 12.2. The van der Waals surface area contributed by atoms with Gasteiger partial charge in [0, 0.05) is 12.6 Å². The fourth-order valence-electron chi connectivity index (χ4n) is 2.96. The summed E-state index contributed by atoms with van der Waals surface area (Å²) in [5, 5.41) is 6.32. The van der Waals surface area contributed by atoms with Crippen LogP contribution in [-0.2, 0) is 23.0 Å². The molecule has 0 atom stereocenters. The number of carbonyl (C=O) groups is 1. The lowest BCUT2D eigenvalue weighted by molar-refractivity contribution is 0.102. The first kappa shape index (κ1) is 17.4. The summed E-state index contributed by atoms with van der Waals surface area (Å²) in [6, 6.07) is 1.82. The van der Waals surface area contributed by atoms with Gasteiger partial charge in [0.15, 0.2) is 0 Å². The highest BCUT2D eigenvalue weighted by Gasteiger charge is 2.30. The second kappa shape index (κ2) is 6.33. The Bertz CT molecular complexity index is 1000. The third-order valence-corrected chi connectivity index (χ3v) is 6.42. The van der Waals surface area contributed by atoms with Gasteiger partial charge in [-0.3, -0.25) is 9.48 Å². The van der Waals surface area contributed by atoms with Crippen LogP contribution in [0.4, 0.5) is 10.1 Å². The molecule has 1 aliphatic heterocycles. The summed E-state index contributed by atoms with van der Waals surface area (Å²) in [6.45, 7) is 0.743. The fraction of sp³-hybridized carbons (Fsp3) is 0.375. The Morgan fingerprint density at radius 3 is 2.85 bits per heavy atom. The van der Waals surface area contributed by atoms with Crippen molar-refractivity contribution in [1.29, 1.82) is 0 Å². The maximum atomic E-state index is 14.2. The van der Waals surface area contributed by atoms with Crippen LogP contribution in [0.5, 0.6) is 0 Å². The number of hydrogen-bond acceptors (Lipinski definition) is 4. The van der Waals surface area contributed by atoms with Crippen molar-refractivity contribution in [3.05, 3.63) is 40.4 Å². The SMILES string of the molecule is O=C(Nc1cc(S(=O)(=O)NC2CC2)c(Cl)cc1F)c1cnn2c1CCC2. The van der Waals surface area contributed by atoms with Gasteiger partial charge in [0.25, 0.3) is 5.91 Å². The maximum Gasteiger partial charge on any atom is 0.259 e. The van der Waals surface area contributed by atoms with E-state index >= 15 is 0 Å². The first-order valence-corrected chi connectivity index (χ1v) is 10.1. The van der Waals surface area contributed by atoms with Crippen LogP contribution in [0.15, 0.2) is 23.2 Å². The molecule has 1 aromatic heterocycles. The van der Waals surface area contributed by atoms with E-state index in [9.17, 15) is 17.6 Å². The van der Waals surface area contributed by atoms with Crippen molar-refractivity contribution in [2.75, 3.05) is 5.32 Å². The van der Waals surface area contributed by atoms with Crippen LogP contribution in [0, 0.1) is 5.82 Å². The van der Waals surface area contributed by atoms with E-state index in [0.29, 0.717) is 5.56 Å². The maximum absolute atomic E-state index is 14.2. The number of amides is 1. The third-order valence-electron chi connectivity index (χ3n) is 4.44. The smallest absolute Gasteiger partial charge is 0.259 e. The second-order valence-electron chi connectivity index (χ2n) is 6.44. The number of sulfonamides is 1.